The first-order chi connectivity index (χ1) is 11.3. The number of hydrogen-bond acceptors (Lipinski definition) is 2. The van der Waals surface area contributed by atoms with Crippen molar-refractivity contribution >= 4 is 39.1 Å². The molecule has 0 spiro atoms. The van der Waals surface area contributed by atoms with E-state index in [1.54, 1.807) is 0 Å². The van der Waals surface area contributed by atoms with E-state index in [0.717, 1.165) is 12.3 Å². The van der Waals surface area contributed by atoms with Crippen LogP contribution in [-0.4, -0.2) is 17.1 Å². The molecule has 1 nitrogen and oxygen atoms in total. The van der Waals surface area contributed by atoms with Crippen LogP contribution in [-0.2, 0) is 0 Å². The fourth-order valence-electron chi connectivity index (χ4n) is 2.66. The quantitative estimate of drug-likeness (QED) is 0.338. The summed E-state index contributed by atoms with van der Waals surface area (Å²) in [6, 6.07) is 19.4. The summed E-state index contributed by atoms with van der Waals surface area (Å²) < 4.78 is 0. The Morgan fingerprint density at radius 3 is 2.35 bits per heavy atom. The molecule has 0 aliphatic carbocycles. The van der Waals surface area contributed by atoms with Gasteiger partial charge in [0.05, 0.1) is 5.69 Å². The zero-order valence-electron chi connectivity index (χ0n) is 14.0. The van der Waals surface area contributed by atoms with E-state index in [-0.39, 0.29) is 0 Å². The van der Waals surface area contributed by atoms with E-state index in [1.165, 1.54) is 35.5 Å². The minimum absolute atomic E-state index is 0.642. The molecule has 1 unspecified atom stereocenters. The van der Waals surface area contributed by atoms with E-state index >= 15 is 0 Å². The van der Waals surface area contributed by atoms with Crippen molar-refractivity contribution in [3.8, 4) is 0 Å². The molecule has 3 heteroatoms. The Hall–Kier alpha value is -0.930. The molecule has 2 aromatic rings. The Balaban J connectivity index is 2.10. The van der Waals surface area contributed by atoms with Crippen molar-refractivity contribution in [2.24, 2.45) is 0 Å². The largest absolute Gasteiger partial charge is 0.341 e. The lowest BCUT2D eigenvalue weighted by atomic mass is 10.2. The highest BCUT2D eigenvalue weighted by molar-refractivity contribution is 9.09. The smallest absolute Gasteiger partial charge is 0.0548 e. The zero-order chi connectivity index (χ0) is 16.5. The maximum Gasteiger partial charge on any atom is 0.0548 e. The van der Waals surface area contributed by atoms with Crippen molar-refractivity contribution in [2.75, 3.05) is 17.2 Å². The van der Waals surface area contributed by atoms with Crippen LogP contribution in [0.1, 0.15) is 33.1 Å². The summed E-state index contributed by atoms with van der Waals surface area (Å²) in [5, 5.41) is 0. The molecule has 0 N–H and O–H groups in total. The van der Waals surface area contributed by atoms with Crippen molar-refractivity contribution in [3.63, 3.8) is 0 Å². The predicted octanol–water partition coefficient (Wildman–Crippen LogP) is 6.89. The van der Waals surface area contributed by atoms with Crippen molar-refractivity contribution in [3.05, 3.63) is 54.6 Å². The molecule has 0 heterocycles. The van der Waals surface area contributed by atoms with Gasteiger partial charge in [-0.3, -0.25) is 0 Å². The molecule has 0 saturated carbocycles. The summed E-state index contributed by atoms with van der Waals surface area (Å²) in [6.45, 7) is 5.43. The summed E-state index contributed by atoms with van der Waals surface area (Å²) in [6.07, 6.45) is 3.71. The third kappa shape index (κ3) is 5.58. The van der Waals surface area contributed by atoms with E-state index in [1.807, 2.05) is 11.8 Å². The predicted molar refractivity (Wildman–Crippen MR) is 109 cm³/mol. The van der Waals surface area contributed by atoms with E-state index in [9.17, 15) is 0 Å². The Kier molecular flexibility index (Phi) is 8.04. The van der Waals surface area contributed by atoms with Gasteiger partial charge >= 0.3 is 0 Å². The molecule has 0 aromatic heterocycles. The maximum absolute atomic E-state index is 3.79. The third-order valence-corrected chi connectivity index (χ3v) is 5.84. The van der Waals surface area contributed by atoms with Gasteiger partial charge in [-0.05, 0) is 49.8 Å². The van der Waals surface area contributed by atoms with Crippen molar-refractivity contribution in [1.82, 2.24) is 0 Å². The molecule has 0 amide bonds. The third-order valence-electron chi connectivity index (χ3n) is 3.83. The SMILES string of the molecule is CCCC(Br)CCSc1ccccc1N(CC)c1ccccc1. The molecule has 2 aromatic carbocycles. The molecule has 0 aliphatic rings. The summed E-state index contributed by atoms with van der Waals surface area (Å²) in [7, 11) is 0. The number of para-hydroxylation sites is 2. The van der Waals surface area contributed by atoms with Crippen LogP contribution >= 0.6 is 27.7 Å². The lowest BCUT2D eigenvalue weighted by Gasteiger charge is -2.25. The van der Waals surface area contributed by atoms with Crippen LogP contribution in [0.4, 0.5) is 11.4 Å². The van der Waals surface area contributed by atoms with Gasteiger partial charge in [0.25, 0.3) is 0 Å². The summed E-state index contributed by atoms with van der Waals surface area (Å²) in [4.78, 5) is 4.40. The highest BCUT2D eigenvalue weighted by atomic mass is 79.9. The fourth-order valence-corrected chi connectivity index (χ4v) is 4.77. The van der Waals surface area contributed by atoms with Crippen LogP contribution in [0.3, 0.4) is 0 Å². The number of rotatable bonds is 9. The molecule has 0 fully saturated rings. The molecule has 0 saturated heterocycles. The minimum Gasteiger partial charge on any atom is -0.341 e. The number of alkyl halides is 1. The van der Waals surface area contributed by atoms with Gasteiger partial charge in [0.15, 0.2) is 0 Å². The normalized spacial score (nSPS) is 12.1. The van der Waals surface area contributed by atoms with Crippen LogP contribution in [0.15, 0.2) is 59.5 Å². The van der Waals surface area contributed by atoms with Gasteiger partial charge in [-0.25, -0.2) is 0 Å². The molecule has 0 aliphatic heterocycles. The summed E-state index contributed by atoms with van der Waals surface area (Å²) in [5.41, 5.74) is 2.57. The number of nitrogens with zero attached hydrogens (tertiary/aromatic N) is 1. The second-order valence-electron chi connectivity index (χ2n) is 5.57. The topological polar surface area (TPSA) is 3.24 Å². The number of benzene rings is 2. The number of hydrogen-bond donors (Lipinski definition) is 0. The van der Waals surface area contributed by atoms with Crippen molar-refractivity contribution in [1.29, 1.82) is 0 Å². The van der Waals surface area contributed by atoms with Gasteiger partial charge in [-0.15, -0.1) is 11.8 Å². The van der Waals surface area contributed by atoms with Crippen LogP contribution in [0.2, 0.25) is 0 Å². The molecule has 1 atom stereocenters. The van der Waals surface area contributed by atoms with Crippen LogP contribution in [0.25, 0.3) is 0 Å². The molecule has 2 rings (SSSR count). The molecule has 23 heavy (non-hydrogen) atoms. The van der Waals surface area contributed by atoms with Gasteiger partial charge in [-0.1, -0.05) is 59.6 Å². The highest BCUT2D eigenvalue weighted by Crippen LogP contribution is 2.35. The highest BCUT2D eigenvalue weighted by Gasteiger charge is 2.12. The number of anilines is 2. The van der Waals surface area contributed by atoms with E-state index < -0.39 is 0 Å². The Labute approximate surface area is 153 Å². The monoisotopic (exact) mass is 391 g/mol. The van der Waals surface area contributed by atoms with Gasteiger partial charge < -0.3 is 4.90 Å². The first-order valence-electron chi connectivity index (χ1n) is 8.44. The Bertz CT molecular complexity index is 573. The van der Waals surface area contributed by atoms with Crippen LogP contribution < -0.4 is 4.90 Å². The zero-order valence-corrected chi connectivity index (χ0v) is 16.4. The molecule has 124 valence electrons. The van der Waals surface area contributed by atoms with E-state index in [2.05, 4.69) is 89.3 Å². The second-order valence-corrected chi connectivity index (χ2v) is 8.00. The average Bonchev–Trinajstić information content (AvgIpc) is 2.58. The van der Waals surface area contributed by atoms with Gasteiger partial charge in [0, 0.05) is 22.0 Å². The minimum atomic E-state index is 0.642. The van der Waals surface area contributed by atoms with Crippen LogP contribution in [0.5, 0.6) is 0 Å². The average molecular weight is 392 g/mol. The standard InChI is InChI=1S/C20H26BrNS/c1-3-10-17(21)15-16-23-20-14-9-8-13-19(20)22(4-2)18-11-6-5-7-12-18/h5-9,11-14,17H,3-4,10,15-16H2,1-2H3. The lowest BCUT2D eigenvalue weighted by molar-refractivity contribution is 0.734. The maximum atomic E-state index is 3.79. The van der Waals surface area contributed by atoms with Crippen LogP contribution in [0, 0.1) is 0 Å². The van der Waals surface area contributed by atoms with Gasteiger partial charge in [-0.2, -0.15) is 0 Å². The first-order valence-corrected chi connectivity index (χ1v) is 10.3. The number of thioether (sulfide) groups is 1. The Morgan fingerprint density at radius 1 is 0.957 bits per heavy atom. The summed E-state index contributed by atoms with van der Waals surface area (Å²) in [5.74, 6) is 1.15. The lowest BCUT2D eigenvalue weighted by Crippen LogP contribution is -2.16. The first kappa shape index (κ1) is 18.4. The van der Waals surface area contributed by atoms with Crippen molar-refractivity contribution in [2.45, 2.75) is 42.8 Å². The Morgan fingerprint density at radius 2 is 1.65 bits per heavy atom. The van der Waals surface area contributed by atoms with Gasteiger partial charge in [0.2, 0.25) is 0 Å². The van der Waals surface area contributed by atoms with E-state index in [4.69, 9.17) is 0 Å². The number of halogens is 1. The molecular weight excluding hydrogens is 366 g/mol. The van der Waals surface area contributed by atoms with E-state index in [0.29, 0.717) is 4.83 Å². The fraction of sp³-hybridized carbons (Fsp3) is 0.400. The second kappa shape index (κ2) is 10.0. The molecule has 0 radical (unpaired) electrons. The molecule has 0 bridgehead atoms. The van der Waals surface area contributed by atoms with Gasteiger partial charge in [0.1, 0.15) is 0 Å². The molecular formula is C20H26BrNS. The van der Waals surface area contributed by atoms with Crippen molar-refractivity contribution < 1.29 is 0 Å². The summed E-state index contributed by atoms with van der Waals surface area (Å²) >= 11 is 5.75.